The maximum atomic E-state index is 11.3. The molecule has 32 heavy (non-hydrogen) atoms. The van der Waals surface area contributed by atoms with Crippen LogP contribution in [0, 0.1) is 16.7 Å². The molecule has 0 fully saturated rings. The summed E-state index contributed by atoms with van der Waals surface area (Å²) in [5.74, 6) is 0.0322. The highest BCUT2D eigenvalue weighted by molar-refractivity contribution is 6.51. The number of rotatable bonds is 6. The van der Waals surface area contributed by atoms with Crippen molar-refractivity contribution in [1.82, 2.24) is 0 Å². The molecule has 7 heteroatoms. The molecule has 1 amide bonds. The number of carbonyl (C=O) groups excluding carboxylic acids is 1. The van der Waals surface area contributed by atoms with Gasteiger partial charge in [-0.2, -0.15) is 0 Å². The average molecular weight is 425 g/mol. The van der Waals surface area contributed by atoms with E-state index in [4.69, 9.17) is 27.0 Å². The second kappa shape index (κ2) is 8.85. The standard InChI is InChI=1S/C25H23N5O2/c26-22-21(24(27)28)20(14-30-23(22)16-6-8-17(9-7-16)25(29)31)15-10-12-19(13-11-15)32-18-4-2-1-3-5-18/h1-13,20-21,26H,14H2,(H3,27,28)(H2,29,31). The smallest absolute Gasteiger partial charge is 0.248 e. The number of ether oxygens (including phenoxy) is 1. The molecule has 6 N–H and O–H groups in total. The zero-order valence-electron chi connectivity index (χ0n) is 17.3. The number of amides is 1. The van der Waals surface area contributed by atoms with E-state index in [0.717, 1.165) is 11.3 Å². The number of nitrogens with two attached hydrogens (primary N) is 2. The summed E-state index contributed by atoms with van der Waals surface area (Å²) in [6.07, 6.45) is 0. The third kappa shape index (κ3) is 4.27. The van der Waals surface area contributed by atoms with Crippen molar-refractivity contribution in [3.63, 3.8) is 0 Å². The lowest BCUT2D eigenvalue weighted by Gasteiger charge is -2.31. The summed E-state index contributed by atoms with van der Waals surface area (Å²) >= 11 is 0. The van der Waals surface area contributed by atoms with Crippen molar-refractivity contribution in [1.29, 1.82) is 10.8 Å². The molecule has 0 saturated heterocycles. The van der Waals surface area contributed by atoms with Gasteiger partial charge in [-0.05, 0) is 42.0 Å². The number of benzene rings is 3. The highest BCUT2D eigenvalue weighted by Crippen LogP contribution is 2.33. The number of carbonyl (C=O) groups is 1. The Balaban J connectivity index is 1.58. The summed E-state index contributed by atoms with van der Waals surface area (Å²) in [4.78, 5) is 15.9. The van der Waals surface area contributed by atoms with Gasteiger partial charge in [-0.15, -0.1) is 0 Å². The number of para-hydroxylation sites is 1. The molecular weight excluding hydrogens is 402 g/mol. The Hall–Kier alpha value is -4.26. The van der Waals surface area contributed by atoms with Gasteiger partial charge in [0, 0.05) is 23.6 Å². The van der Waals surface area contributed by atoms with Crippen molar-refractivity contribution >= 4 is 23.2 Å². The molecule has 3 aromatic rings. The average Bonchev–Trinajstić information content (AvgIpc) is 2.80. The monoisotopic (exact) mass is 425 g/mol. The molecular formula is C25H23N5O2. The zero-order chi connectivity index (χ0) is 22.7. The normalized spacial score (nSPS) is 18.0. The van der Waals surface area contributed by atoms with Gasteiger partial charge in [-0.25, -0.2) is 0 Å². The van der Waals surface area contributed by atoms with Crippen LogP contribution in [0.2, 0.25) is 0 Å². The number of aliphatic imine (C=N–C) groups is 1. The lowest BCUT2D eigenvalue weighted by Crippen LogP contribution is -2.42. The van der Waals surface area contributed by atoms with E-state index in [9.17, 15) is 4.79 Å². The molecule has 7 nitrogen and oxygen atoms in total. The molecule has 3 aromatic carbocycles. The fraction of sp³-hybridized carbons (Fsp3) is 0.120. The number of nitrogens with zero attached hydrogens (tertiary/aromatic N) is 1. The van der Waals surface area contributed by atoms with Gasteiger partial charge >= 0.3 is 0 Å². The van der Waals surface area contributed by atoms with Gasteiger partial charge in [0.25, 0.3) is 0 Å². The van der Waals surface area contributed by atoms with E-state index in [1.165, 1.54) is 0 Å². The van der Waals surface area contributed by atoms with Gasteiger partial charge in [-0.1, -0.05) is 42.5 Å². The first-order valence-electron chi connectivity index (χ1n) is 10.1. The predicted octanol–water partition coefficient (Wildman–Crippen LogP) is 3.74. The van der Waals surface area contributed by atoms with Crippen molar-refractivity contribution in [2.24, 2.45) is 22.4 Å². The second-order valence-corrected chi connectivity index (χ2v) is 7.57. The molecule has 0 aliphatic carbocycles. The molecule has 0 bridgehead atoms. The topological polar surface area (TPSA) is 138 Å². The molecule has 4 rings (SSSR count). The van der Waals surface area contributed by atoms with E-state index in [-0.39, 0.29) is 17.5 Å². The molecule has 0 aromatic heterocycles. The molecule has 0 saturated carbocycles. The Morgan fingerprint density at radius 1 is 0.906 bits per heavy atom. The molecule has 1 heterocycles. The number of hydrogen-bond acceptors (Lipinski definition) is 5. The minimum absolute atomic E-state index is 0.0780. The molecule has 2 atom stereocenters. The van der Waals surface area contributed by atoms with Gasteiger partial charge in [0.05, 0.1) is 17.3 Å². The van der Waals surface area contributed by atoms with Crippen LogP contribution in [0.5, 0.6) is 11.5 Å². The number of hydrogen-bond donors (Lipinski definition) is 4. The van der Waals surface area contributed by atoms with E-state index in [0.29, 0.717) is 29.1 Å². The quantitative estimate of drug-likeness (QED) is 0.353. The van der Waals surface area contributed by atoms with Crippen molar-refractivity contribution < 1.29 is 9.53 Å². The maximum absolute atomic E-state index is 11.3. The molecule has 1 aliphatic heterocycles. The predicted molar refractivity (Wildman–Crippen MR) is 125 cm³/mol. The molecule has 2 unspecified atom stereocenters. The van der Waals surface area contributed by atoms with E-state index < -0.39 is 11.8 Å². The first-order chi connectivity index (χ1) is 15.4. The third-order valence-electron chi connectivity index (χ3n) is 5.48. The third-order valence-corrected chi connectivity index (χ3v) is 5.48. The van der Waals surface area contributed by atoms with Crippen molar-refractivity contribution in [2.75, 3.05) is 6.54 Å². The van der Waals surface area contributed by atoms with Gasteiger partial charge < -0.3 is 21.6 Å². The van der Waals surface area contributed by atoms with E-state index in [1.54, 1.807) is 24.3 Å². The SMILES string of the molecule is N=C(N)C1C(=N)C(c2ccc(C(N)=O)cc2)=NCC1c1ccc(Oc2ccccc2)cc1. The van der Waals surface area contributed by atoms with Crippen LogP contribution >= 0.6 is 0 Å². The summed E-state index contributed by atoms with van der Waals surface area (Å²) in [5.41, 5.74) is 13.9. The van der Waals surface area contributed by atoms with Crippen molar-refractivity contribution in [3.05, 3.63) is 95.6 Å². The van der Waals surface area contributed by atoms with Crippen LogP contribution in [0.1, 0.15) is 27.4 Å². The summed E-state index contributed by atoms with van der Waals surface area (Å²) in [6, 6.07) is 23.7. The van der Waals surface area contributed by atoms with E-state index in [1.807, 2.05) is 54.6 Å². The summed E-state index contributed by atoms with van der Waals surface area (Å²) in [7, 11) is 0. The molecule has 0 radical (unpaired) electrons. The second-order valence-electron chi connectivity index (χ2n) is 7.57. The minimum atomic E-state index is -0.598. The van der Waals surface area contributed by atoms with E-state index in [2.05, 4.69) is 4.99 Å². The fourth-order valence-electron chi connectivity index (χ4n) is 3.85. The Labute approximate surface area is 185 Å². The van der Waals surface area contributed by atoms with E-state index >= 15 is 0 Å². The van der Waals surface area contributed by atoms with Gasteiger partial charge in [0.15, 0.2) is 0 Å². The first-order valence-corrected chi connectivity index (χ1v) is 10.1. The zero-order valence-corrected chi connectivity index (χ0v) is 17.3. The van der Waals surface area contributed by atoms with Gasteiger partial charge in [0.1, 0.15) is 17.3 Å². The summed E-state index contributed by atoms with van der Waals surface area (Å²) in [6.45, 7) is 0.387. The highest BCUT2D eigenvalue weighted by atomic mass is 16.5. The van der Waals surface area contributed by atoms with Crippen molar-refractivity contribution in [2.45, 2.75) is 5.92 Å². The molecule has 0 spiro atoms. The lowest BCUT2D eigenvalue weighted by molar-refractivity contribution is 0.100. The van der Waals surface area contributed by atoms with Crippen LogP contribution in [-0.4, -0.2) is 29.7 Å². The van der Waals surface area contributed by atoms with Crippen LogP contribution in [-0.2, 0) is 0 Å². The Morgan fingerprint density at radius 3 is 2.12 bits per heavy atom. The maximum Gasteiger partial charge on any atom is 0.248 e. The fourth-order valence-corrected chi connectivity index (χ4v) is 3.85. The largest absolute Gasteiger partial charge is 0.457 e. The van der Waals surface area contributed by atoms with Crippen molar-refractivity contribution in [3.8, 4) is 11.5 Å². The summed E-state index contributed by atoms with van der Waals surface area (Å²) in [5, 5.41) is 16.8. The Kier molecular flexibility index (Phi) is 5.81. The number of amidine groups is 1. The number of primary amides is 1. The Morgan fingerprint density at radius 2 is 1.53 bits per heavy atom. The van der Waals surface area contributed by atoms with Crippen LogP contribution in [0.4, 0.5) is 0 Å². The van der Waals surface area contributed by atoms with Crippen LogP contribution in [0.3, 0.4) is 0 Å². The van der Waals surface area contributed by atoms with Crippen LogP contribution in [0.15, 0.2) is 83.9 Å². The molecule has 1 aliphatic rings. The van der Waals surface area contributed by atoms with Crippen LogP contribution in [0.25, 0.3) is 0 Å². The first kappa shape index (κ1) is 21.0. The summed E-state index contributed by atoms with van der Waals surface area (Å²) < 4.78 is 5.85. The van der Waals surface area contributed by atoms with Gasteiger partial charge in [-0.3, -0.25) is 15.2 Å². The lowest BCUT2D eigenvalue weighted by atomic mass is 9.77. The number of nitrogens with one attached hydrogen (secondary N) is 2. The Bertz CT molecular complexity index is 1190. The molecule has 160 valence electrons. The van der Waals surface area contributed by atoms with Gasteiger partial charge in [0.2, 0.25) is 5.91 Å². The minimum Gasteiger partial charge on any atom is -0.457 e. The van der Waals surface area contributed by atoms with Crippen LogP contribution < -0.4 is 16.2 Å². The highest BCUT2D eigenvalue weighted by Gasteiger charge is 2.35.